The van der Waals surface area contributed by atoms with Crippen LogP contribution in [0, 0.1) is 29.8 Å². The molecule has 3 aromatic rings. The van der Waals surface area contributed by atoms with Gasteiger partial charge in [0, 0.05) is 17.8 Å². The molecule has 0 radical (unpaired) electrons. The summed E-state index contributed by atoms with van der Waals surface area (Å²) in [5.74, 6) is -2.49. The van der Waals surface area contributed by atoms with E-state index in [9.17, 15) is 28.9 Å². The Kier molecular flexibility index (Phi) is 4.78. The third kappa shape index (κ3) is 3.08. The van der Waals surface area contributed by atoms with E-state index in [1.165, 1.54) is 17.0 Å². The maximum absolute atomic E-state index is 14.3. The normalized spacial score (nSPS) is 19.3. The second kappa shape index (κ2) is 7.58. The van der Waals surface area contributed by atoms with Crippen molar-refractivity contribution in [2.24, 2.45) is 0 Å². The van der Waals surface area contributed by atoms with Gasteiger partial charge in [-0.1, -0.05) is 35.9 Å². The molecule has 2 heterocycles. The molecule has 2 aliphatic rings. The van der Waals surface area contributed by atoms with Crippen LogP contribution < -0.4 is 4.90 Å². The number of anilines is 1. The Morgan fingerprint density at radius 3 is 2.15 bits per heavy atom. The van der Waals surface area contributed by atoms with Crippen molar-refractivity contribution in [3.63, 3.8) is 0 Å². The summed E-state index contributed by atoms with van der Waals surface area (Å²) < 4.78 is 14.3. The lowest BCUT2D eigenvalue weighted by Crippen LogP contribution is -2.67. The zero-order valence-electron chi connectivity index (χ0n) is 18.2. The fourth-order valence-corrected chi connectivity index (χ4v) is 4.45. The van der Waals surface area contributed by atoms with E-state index in [0.29, 0.717) is 16.8 Å². The van der Waals surface area contributed by atoms with Crippen molar-refractivity contribution in [1.29, 1.82) is 0 Å². The van der Waals surface area contributed by atoms with Gasteiger partial charge in [0.2, 0.25) is 0 Å². The first-order chi connectivity index (χ1) is 16.2. The van der Waals surface area contributed by atoms with Crippen molar-refractivity contribution < 1.29 is 23.7 Å². The summed E-state index contributed by atoms with van der Waals surface area (Å²) in [5, 5.41) is 11.1. The van der Waals surface area contributed by atoms with Crippen molar-refractivity contribution in [1.82, 2.24) is 4.90 Å². The maximum Gasteiger partial charge on any atom is 0.270 e. The van der Waals surface area contributed by atoms with Gasteiger partial charge in [0.25, 0.3) is 23.4 Å². The van der Waals surface area contributed by atoms with Crippen LogP contribution in [-0.2, 0) is 4.79 Å². The number of aryl methyl sites for hydroxylation is 2. The van der Waals surface area contributed by atoms with E-state index in [2.05, 4.69) is 0 Å². The number of nitrogens with zero attached hydrogens (tertiary/aromatic N) is 3. The maximum atomic E-state index is 14.3. The van der Waals surface area contributed by atoms with Crippen LogP contribution in [0.4, 0.5) is 15.8 Å². The fourth-order valence-electron chi connectivity index (χ4n) is 4.45. The van der Waals surface area contributed by atoms with Crippen LogP contribution in [-0.4, -0.2) is 33.6 Å². The topological polar surface area (TPSA) is 101 Å². The van der Waals surface area contributed by atoms with Gasteiger partial charge >= 0.3 is 0 Å². The Labute approximate surface area is 193 Å². The van der Waals surface area contributed by atoms with Crippen molar-refractivity contribution in [3.05, 3.63) is 104 Å². The molecule has 1 fully saturated rings. The Morgan fingerprint density at radius 2 is 1.50 bits per heavy atom. The first-order valence-electron chi connectivity index (χ1n) is 10.5. The van der Waals surface area contributed by atoms with E-state index in [-0.39, 0.29) is 16.8 Å². The first kappa shape index (κ1) is 21.4. The average molecular weight is 459 g/mol. The predicted molar refractivity (Wildman–Crippen MR) is 120 cm³/mol. The lowest BCUT2D eigenvalue weighted by atomic mass is 9.86. The second-order valence-electron chi connectivity index (χ2n) is 8.41. The molecule has 2 atom stereocenters. The van der Waals surface area contributed by atoms with Crippen LogP contribution in [0.1, 0.15) is 43.4 Å². The number of carbonyl (C=O) groups is 3. The predicted octanol–water partition coefficient (Wildman–Crippen LogP) is 4.10. The number of nitro benzene ring substituents is 1. The van der Waals surface area contributed by atoms with E-state index in [4.69, 9.17) is 0 Å². The minimum atomic E-state index is -1.17. The number of hydrogen-bond acceptors (Lipinski definition) is 5. The minimum absolute atomic E-state index is 0.00545. The second-order valence-corrected chi connectivity index (χ2v) is 8.41. The third-order valence-electron chi connectivity index (χ3n) is 6.31. The van der Waals surface area contributed by atoms with E-state index >= 15 is 0 Å². The number of benzene rings is 3. The number of halogens is 1. The molecular formula is C25H18FN3O5. The highest BCUT2D eigenvalue weighted by Crippen LogP contribution is 2.44. The monoisotopic (exact) mass is 459 g/mol. The van der Waals surface area contributed by atoms with Gasteiger partial charge in [-0.25, -0.2) is 4.39 Å². The Bertz CT molecular complexity index is 1400. The average Bonchev–Trinajstić information content (AvgIpc) is 3.05. The summed E-state index contributed by atoms with van der Waals surface area (Å²) in [6, 6.07) is 13.2. The lowest BCUT2D eigenvalue weighted by molar-refractivity contribution is -0.384. The number of imide groups is 1. The summed E-state index contributed by atoms with van der Waals surface area (Å²) in [7, 11) is 0. The molecule has 34 heavy (non-hydrogen) atoms. The van der Waals surface area contributed by atoms with Crippen LogP contribution in [0.15, 0.2) is 60.7 Å². The lowest BCUT2D eigenvalue weighted by Gasteiger charge is -2.49. The molecule has 170 valence electrons. The van der Waals surface area contributed by atoms with Crippen molar-refractivity contribution in [2.75, 3.05) is 4.90 Å². The molecule has 0 saturated carbocycles. The van der Waals surface area contributed by atoms with E-state index in [1.54, 1.807) is 31.2 Å². The molecule has 0 bridgehead atoms. The van der Waals surface area contributed by atoms with Gasteiger partial charge in [0.05, 0.1) is 22.1 Å². The van der Waals surface area contributed by atoms with Gasteiger partial charge in [-0.3, -0.25) is 29.4 Å². The first-order valence-corrected chi connectivity index (χ1v) is 10.5. The molecule has 1 saturated heterocycles. The molecule has 5 rings (SSSR count). The van der Waals surface area contributed by atoms with Gasteiger partial charge in [-0.2, -0.15) is 0 Å². The van der Waals surface area contributed by atoms with Crippen LogP contribution in [0.5, 0.6) is 0 Å². The SMILES string of the molecule is Cc1ccc([C@@H]2[C@@H](N3C(=O)c4ccc([N+](=O)[O-])cc4C3=O)C(=O)N2c2ccc(C)c(F)c2)cc1. The summed E-state index contributed by atoms with van der Waals surface area (Å²) in [5.41, 5.74) is 1.93. The minimum Gasteiger partial charge on any atom is -0.300 e. The number of nitro groups is 1. The summed E-state index contributed by atoms with van der Waals surface area (Å²) in [6.07, 6.45) is 0. The standard InChI is InChI=1S/C25H18FN3O5/c1-13-3-6-15(7-4-13)21-22(25(32)27(21)16-8-5-14(2)20(26)12-16)28-23(30)18-10-9-17(29(33)34)11-19(18)24(28)31/h3-12,21-22H,1-2H3/t21-,22-/m1/s1. The summed E-state index contributed by atoms with van der Waals surface area (Å²) in [4.78, 5) is 52.4. The molecule has 3 amide bonds. The van der Waals surface area contributed by atoms with Crippen LogP contribution in [0.3, 0.4) is 0 Å². The fraction of sp³-hybridized carbons (Fsp3) is 0.160. The highest BCUT2D eigenvalue weighted by molar-refractivity contribution is 6.25. The van der Waals surface area contributed by atoms with Crippen molar-refractivity contribution >= 4 is 29.1 Å². The zero-order valence-corrected chi connectivity index (χ0v) is 18.2. The van der Waals surface area contributed by atoms with Gasteiger partial charge < -0.3 is 4.90 Å². The van der Waals surface area contributed by atoms with Crippen LogP contribution in [0.2, 0.25) is 0 Å². The molecule has 0 aromatic heterocycles. The number of carbonyl (C=O) groups excluding carboxylic acids is 3. The van der Waals surface area contributed by atoms with Crippen molar-refractivity contribution in [2.45, 2.75) is 25.9 Å². The van der Waals surface area contributed by atoms with Crippen molar-refractivity contribution in [3.8, 4) is 0 Å². The number of non-ortho nitro benzene ring substituents is 1. The number of hydrogen-bond donors (Lipinski definition) is 0. The van der Waals surface area contributed by atoms with Gasteiger partial charge in [0.15, 0.2) is 0 Å². The highest BCUT2D eigenvalue weighted by atomic mass is 19.1. The van der Waals surface area contributed by atoms with Gasteiger partial charge in [-0.05, 0) is 43.2 Å². The zero-order chi connectivity index (χ0) is 24.3. The molecule has 3 aromatic carbocycles. The van der Waals surface area contributed by atoms with E-state index < -0.39 is 40.5 Å². The molecule has 8 nitrogen and oxygen atoms in total. The Balaban J connectivity index is 1.58. The summed E-state index contributed by atoms with van der Waals surface area (Å²) in [6.45, 7) is 3.51. The largest absolute Gasteiger partial charge is 0.300 e. The molecule has 0 unspecified atom stereocenters. The third-order valence-corrected chi connectivity index (χ3v) is 6.31. The molecule has 0 N–H and O–H groups in total. The number of fused-ring (bicyclic) bond motifs is 1. The van der Waals surface area contributed by atoms with Gasteiger partial charge in [-0.15, -0.1) is 0 Å². The quantitative estimate of drug-likeness (QED) is 0.253. The number of rotatable bonds is 4. The number of amides is 3. The van der Waals surface area contributed by atoms with Gasteiger partial charge in [0.1, 0.15) is 11.9 Å². The smallest absolute Gasteiger partial charge is 0.270 e. The Hall–Kier alpha value is -4.40. The number of β-lactam (4-membered cyclic amide) rings is 1. The molecule has 2 aliphatic heterocycles. The molecule has 9 heteroatoms. The van der Waals surface area contributed by atoms with E-state index in [1.807, 2.05) is 19.1 Å². The highest BCUT2D eigenvalue weighted by Gasteiger charge is 2.57. The molecule has 0 spiro atoms. The Morgan fingerprint density at radius 1 is 0.824 bits per heavy atom. The molecule has 0 aliphatic carbocycles. The summed E-state index contributed by atoms with van der Waals surface area (Å²) >= 11 is 0. The van der Waals surface area contributed by atoms with Crippen LogP contribution >= 0.6 is 0 Å². The molecular weight excluding hydrogens is 441 g/mol. The van der Waals surface area contributed by atoms with Crippen LogP contribution in [0.25, 0.3) is 0 Å². The van der Waals surface area contributed by atoms with E-state index in [0.717, 1.165) is 22.6 Å².